The molecule has 0 radical (unpaired) electrons. The predicted octanol–water partition coefficient (Wildman–Crippen LogP) is 2.23. The van der Waals surface area contributed by atoms with Crippen LogP contribution in [0.2, 0.25) is 0 Å². The van der Waals surface area contributed by atoms with Crippen LogP contribution in [-0.2, 0) is 11.8 Å². The number of aliphatic carboxylic acids is 1. The van der Waals surface area contributed by atoms with Gasteiger partial charge < -0.3 is 20.5 Å². The number of nitro groups is 1. The number of carboxylic acid groups (broad SMARTS) is 1. The second-order valence-electron chi connectivity index (χ2n) is 5.68. The monoisotopic (exact) mass is 296 g/mol. The van der Waals surface area contributed by atoms with Gasteiger partial charge in [-0.2, -0.15) is 0 Å². The number of hydrogen-bond donors (Lipinski definition) is 2. The average Bonchev–Trinajstić information content (AvgIpc) is 2.67. The Labute approximate surface area is 122 Å². The highest BCUT2D eigenvalue weighted by molar-refractivity contribution is 5.70. The first kappa shape index (κ1) is 15.3. The van der Waals surface area contributed by atoms with E-state index in [-0.39, 0.29) is 12.2 Å². The van der Waals surface area contributed by atoms with Crippen molar-refractivity contribution in [2.24, 2.45) is 7.05 Å². The van der Waals surface area contributed by atoms with Gasteiger partial charge in [-0.25, -0.2) is 0 Å². The highest BCUT2D eigenvalue weighted by Crippen LogP contribution is 2.37. The molecule has 0 aromatic carbocycles. The van der Waals surface area contributed by atoms with Crippen LogP contribution in [0.15, 0.2) is 0 Å². The maximum absolute atomic E-state index is 11.2. The first-order valence-electron chi connectivity index (χ1n) is 7.02. The number of carboxylic acids is 1. The van der Waals surface area contributed by atoms with E-state index < -0.39 is 16.4 Å². The second-order valence-corrected chi connectivity index (χ2v) is 5.68. The third-order valence-electron chi connectivity index (χ3n) is 4.16. The summed E-state index contributed by atoms with van der Waals surface area (Å²) in [5.74, 6) is -0.331. The highest BCUT2D eigenvalue weighted by Gasteiger charge is 2.38. The quantitative estimate of drug-likeness (QED) is 0.636. The van der Waals surface area contributed by atoms with Crippen molar-refractivity contribution in [3.05, 3.63) is 15.9 Å². The summed E-state index contributed by atoms with van der Waals surface area (Å²) >= 11 is 0. The average molecular weight is 296 g/mol. The highest BCUT2D eigenvalue weighted by atomic mass is 16.6. The Balaban J connectivity index is 2.36. The largest absolute Gasteiger partial charge is 0.481 e. The van der Waals surface area contributed by atoms with Gasteiger partial charge in [0.05, 0.1) is 6.42 Å². The third kappa shape index (κ3) is 3.14. The van der Waals surface area contributed by atoms with E-state index >= 15 is 0 Å². The molecule has 0 amide bonds. The van der Waals surface area contributed by atoms with E-state index in [0.717, 1.165) is 19.3 Å². The lowest BCUT2D eigenvalue weighted by Crippen LogP contribution is -2.43. The number of nitrogens with zero attached hydrogens (tertiary/aromatic N) is 3. The number of aryl methyl sites for hydroxylation is 1. The Bertz CT molecular complexity index is 561. The molecule has 1 saturated carbocycles. The summed E-state index contributed by atoms with van der Waals surface area (Å²) in [5.41, 5.74) is -0.630. The molecule has 0 atom stereocenters. The number of imidazole rings is 1. The van der Waals surface area contributed by atoms with Crippen molar-refractivity contribution in [3.63, 3.8) is 0 Å². The molecule has 116 valence electrons. The molecule has 1 aromatic heterocycles. The molecular formula is C13H20N4O4. The molecule has 0 saturated heterocycles. The Kier molecular flexibility index (Phi) is 4.15. The molecule has 0 aliphatic heterocycles. The van der Waals surface area contributed by atoms with Crippen LogP contribution in [-0.4, -0.2) is 31.1 Å². The molecule has 2 rings (SSSR count). The number of aromatic nitrogens is 2. The van der Waals surface area contributed by atoms with Crippen LogP contribution < -0.4 is 5.32 Å². The number of rotatable bonds is 5. The lowest BCUT2D eigenvalue weighted by Gasteiger charge is -2.37. The van der Waals surface area contributed by atoms with Crippen LogP contribution >= 0.6 is 0 Å². The van der Waals surface area contributed by atoms with Crippen molar-refractivity contribution < 1.29 is 14.8 Å². The minimum atomic E-state index is -0.897. The van der Waals surface area contributed by atoms with Crippen molar-refractivity contribution in [1.29, 1.82) is 0 Å². The molecule has 21 heavy (non-hydrogen) atoms. The van der Waals surface area contributed by atoms with E-state index in [2.05, 4.69) is 10.3 Å². The Hall–Kier alpha value is -2.12. The number of nitrogens with one attached hydrogen (secondary N) is 1. The minimum absolute atomic E-state index is 0.0472. The summed E-state index contributed by atoms with van der Waals surface area (Å²) in [6.45, 7) is 1.68. The van der Waals surface area contributed by atoms with Crippen LogP contribution in [0.3, 0.4) is 0 Å². The smallest absolute Gasteiger partial charge is 0.406 e. The molecule has 0 spiro atoms. The van der Waals surface area contributed by atoms with Gasteiger partial charge in [-0.3, -0.25) is 9.36 Å². The molecule has 1 heterocycles. The summed E-state index contributed by atoms with van der Waals surface area (Å²) in [7, 11) is 1.69. The van der Waals surface area contributed by atoms with Crippen molar-refractivity contribution in [3.8, 4) is 0 Å². The van der Waals surface area contributed by atoms with Crippen LogP contribution in [0.5, 0.6) is 0 Å². The lowest BCUT2D eigenvalue weighted by atomic mass is 9.79. The number of carbonyl (C=O) groups is 1. The maximum Gasteiger partial charge on any atom is 0.406 e. The van der Waals surface area contributed by atoms with Crippen molar-refractivity contribution in [2.45, 2.75) is 51.0 Å². The third-order valence-corrected chi connectivity index (χ3v) is 4.16. The maximum atomic E-state index is 11.2. The molecular weight excluding hydrogens is 276 g/mol. The van der Waals surface area contributed by atoms with Crippen LogP contribution in [0.25, 0.3) is 0 Å². The SMILES string of the molecule is Cc1nc([N+](=O)[O-])c(NC2(CC(=O)O)CCCCC2)n1C. The Morgan fingerprint density at radius 2 is 2.10 bits per heavy atom. The van der Waals surface area contributed by atoms with Gasteiger partial charge in [-0.1, -0.05) is 19.3 Å². The summed E-state index contributed by atoms with van der Waals surface area (Å²) in [4.78, 5) is 25.7. The van der Waals surface area contributed by atoms with Gasteiger partial charge in [0.2, 0.25) is 11.6 Å². The van der Waals surface area contributed by atoms with Crippen molar-refractivity contribution in [1.82, 2.24) is 9.55 Å². The van der Waals surface area contributed by atoms with Crippen LogP contribution in [0.4, 0.5) is 11.6 Å². The normalized spacial score (nSPS) is 17.4. The molecule has 1 aromatic rings. The lowest BCUT2D eigenvalue weighted by molar-refractivity contribution is -0.388. The fourth-order valence-corrected chi connectivity index (χ4v) is 2.98. The molecule has 1 fully saturated rings. The predicted molar refractivity (Wildman–Crippen MR) is 76.3 cm³/mol. The fraction of sp³-hybridized carbons (Fsp3) is 0.692. The second kappa shape index (κ2) is 5.71. The van der Waals surface area contributed by atoms with E-state index in [1.807, 2.05) is 0 Å². The Morgan fingerprint density at radius 1 is 1.48 bits per heavy atom. The van der Waals surface area contributed by atoms with E-state index in [4.69, 9.17) is 5.11 Å². The van der Waals surface area contributed by atoms with Gasteiger partial charge in [0.25, 0.3) is 0 Å². The first-order valence-corrected chi connectivity index (χ1v) is 7.02. The van der Waals surface area contributed by atoms with Crippen molar-refractivity contribution in [2.75, 3.05) is 5.32 Å². The zero-order valence-corrected chi connectivity index (χ0v) is 12.3. The van der Waals surface area contributed by atoms with Gasteiger partial charge in [0.1, 0.15) is 0 Å². The molecule has 0 bridgehead atoms. The van der Waals surface area contributed by atoms with Crippen LogP contribution in [0.1, 0.15) is 44.3 Å². The molecule has 8 nitrogen and oxygen atoms in total. The van der Waals surface area contributed by atoms with Gasteiger partial charge in [0.15, 0.2) is 0 Å². The zero-order chi connectivity index (χ0) is 15.6. The fourth-order valence-electron chi connectivity index (χ4n) is 2.98. The van der Waals surface area contributed by atoms with Gasteiger partial charge in [-0.15, -0.1) is 0 Å². The van der Waals surface area contributed by atoms with E-state index in [1.54, 1.807) is 18.5 Å². The standard InChI is InChI=1S/C13H20N4O4/c1-9-14-11(17(20)21)12(16(9)2)15-13(8-10(18)19)6-4-3-5-7-13/h15H,3-8H2,1-2H3,(H,18,19). The number of hydrogen-bond acceptors (Lipinski definition) is 5. The van der Waals surface area contributed by atoms with Gasteiger partial charge >= 0.3 is 11.8 Å². The Morgan fingerprint density at radius 3 is 2.62 bits per heavy atom. The summed E-state index contributed by atoms with van der Waals surface area (Å²) < 4.78 is 1.61. The van der Waals surface area contributed by atoms with Gasteiger partial charge in [0, 0.05) is 19.5 Å². The van der Waals surface area contributed by atoms with Gasteiger partial charge in [-0.05, 0) is 22.7 Å². The molecule has 1 aliphatic rings. The van der Waals surface area contributed by atoms with E-state index in [9.17, 15) is 14.9 Å². The van der Waals surface area contributed by atoms with Crippen molar-refractivity contribution >= 4 is 17.6 Å². The number of anilines is 1. The summed E-state index contributed by atoms with van der Waals surface area (Å²) in [6, 6.07) is 0. The first-order chi connectivity index (χ1) is 9.84. The zero-order valence-electron chi connectivity index (χ0n) is 12.3. The van der Waals surface area contributed by atoms with E-state index in [0.29, 0.717) is 24.5 Å². The summed E-state index contributed by atoms with van der Waals surface area (Å²) in [5, 5.41) is 23.4. The summed E-state index contributed by atoms with van der Waals surface area (Å²) in [6.07, 6.45) is 4.25. The van der Waals surface area contributed by atoms with E-state index in [1.165, 1.54) is 0 Å². The molecule has 1 aliphatic carbocycles. The topological polar surface area (TPSA) is 110 Å². The molecule has 2 N–H and O–H groups in total. The van der Waals surface area contributed by atoms with Crippen LogP contribution in [0, 0.1) is 17.0 Å². The minimum Gasteiger partial charge on any atom is -0.481 e. The molecule has 0 unspecified atom stereocenters. The molecule has 8 heteroatoms.